The summed E-state index contributed by atoms with van der Waals surface area (Å²) >= 11 is 0. The smallest absolute Gasteiger partial charge is 0.306 e. The summed E-state index contributed by atoms with van der Waals surface area (Å²) in [4.78, 5) is 12.5. The predicted molar refractivity (Wildman–Crippen MR) is 105 cm³/mol. The Kier molecular flexibility index (Phi) is 6.95. The molecular formula is C20H29N3O5. The molecule has 1 aromatic heterocycles. The minimum Gasteiger partial charge on any atom is -0.487 e. The number of nitrogens with one attached hydrogen (secondary N) is 1. The SMILES string of the molecule is CNCCOC(O)(O)c1ccc(COc2cnn(C(C)(C)C)c(=O)c2C)cc1. The molecule has 0 aliphatic carbocycles. The molecule has 1 aromatic carbocycles. The Bertz CT molecular complexity index is 838. The summed E-state index contributed by atoms with van der Waals surface area (Å²) in [5.41, 5.74) is 0.910. The van der Waals surface area contributed by atoms with E-state index in [9.17, 15) is 15.0 Å². The zero-order valence-corrected chi connectivity index (χ0v) is 17.0. The van der Waals surface area contributed by atoms with Crippen LogP contribution in [0.5, 0.6) is 5.75 Å². The molecule has 0 radical (unpaired) electrons. The average molecular weight is 391 g/mol. The van der Waals surface area contributed by atoms with Gasteiger partial charge in [-0.25, -0.2) is 4.68 Å². The molecule has 3 N–H and O–H groups in total. The van der Waals surface area contributed by atoms with Crippen LogP contribution in [-0.2, 0) is 22.9 Å². The molecule has 0 amide bonds. The molecular weight excluding hydrogens is 362 g/mol. The highest BCUT2D eigenvalue weighted by atomic mass is 16.8. The summed E-state index contributed by atoms with van der Waals surface area (Å²) in [6, 6.07) is 6.52. The molecule has 0 atom stereocenters. The second kappa shape index (κ2) is 8.83. The van der Waals surface area contributed by atoms with Gasteiger partial charge in [0.15, 0.2) is 0 Å². The van der Waals surface area contributed by atoms with E-state index in [1.54, 1.807) is 44.4 Å². The number of rotatable bonds is 8. The van der Waals surface area contributed by atoms with Crippen molar-refractivity contribution in [3.05, 3.63) is 57.5 Å². The third-order valence-corrected chi connectivity index (χ3v) is 4.19. The number of ether oxygens (including phenoxy) is 2. The summed E-state index contributed by atoms with van der Waals surface area (Å²) in [5.74, 6) is -1.93. The van der Waals surface area contributed by atoms with Crippen molar-refractivity contribution in [1.82, 2.24) is 15.1 Å². The van der Waals surface area contributed by atoms with Gasteiger partial charge in [0.05, 0.1) is 23.9 Å². The fraction of sp³-hybridized carbons (Fsp3) is 0.500. The first kappa shape index (κ1) is 22.0. The number of hydrogen-bond donors (Lipinski definition) is 3. The Hall–Kier alpha value is -2.26. The Morgan fingerprint density at radius 2 is 1.82 bits per heavy atom. The molecule has 0 spiro atoms. The van der Waals surface area contributed by atoms with Gasteiger partial charge in [-0.3, -0.25) is 4.79 Å². The van der Waals surface area contributed by atoms with E-state index < -0.39 is 11.5 Å². The van der Waals surface area contributed by atoms with Crippen LogP contribution in [0.4, 0.5) is 0 Å². The summed E-state index contributed by atoms with van der Waals surface area (Å²) in [7, 11) is 1.75. The van der Waals surface area contributed by atoms with Gasteiger partial charge in [0.25, 0.3) is 5.56 Å². The molecule has 0 aliphatic rings. The molecule has 0 aliphatic heterocycles. The zero-order chi connectivity index (χ0) is 20.9. The van der Waals surface area contributed by atoms with Crippen molar-refractivity contribution in [2.24, 2.45) is 0 Å². The van der Waals surface area contributed by atoms with E-state index in [2.05, 4.69) is 10.4 Å². The normalized spacial score (nSPS) is 12.2. The van der Waals surface area contributed by atoms with E-state index in [-0.39, 0.29) is 24.3 Å². The minimum absolute atomic E-state index is 0.154. The second-order valence-electron chi connectivity index (χ2n) is 7.57. The van der Waals surface area contributed by atoms with Gasteiger partial charge in [-0.1, -0.05) is 24.3 Å². The van der Waals surface area contributed by atoms with Crippen molar-refractivity contribution >= 4 is 0 Å². The van der Waals surface area contributed by atoms with Gasteiger partial charge >= 0.3 is 5.97 Å². The van der Waals surface area contributed by atoms with Crippen LogP contribution in [0.3, 0.4) is 0 Å². The maximum Gasteiger partial charge on any atom is 0.306 e. The van der Waals surface area contributed by atoms with E-state index in [1.165, 1.54) is 4.68 Å². The molecule has 1 heterocycles. The molecule has 154 valence electrons. The summed E-state index contributed by atoms with van der Waals surface area (Å²) < 4.78 is 12.2. The number of hydrogen-bond acceptors (Lipinski definition) is 7. The molecule has 0 fully saturated rings. The molecule has 2 rings (SSSR count). The van der Waals surface area contributed by atoms with Crippen molar-refractivity contribution in [2.75, 3.05) is 20.2 Å². The van der Waals surface area contributed by atoms with Gasteiger partial charge in [-0.2, -0.15) is 5.10 Å². The van der Waals surface area contributed by atoms with E-state index in [1.807, 2.05) is 20.8 Å². The number of nitrogens with zero attached hydrogens (tertiary/aromatic N) is 2. The van der Waals surface area contributed by atoms with Crippen molar-refractivity contribution in [3.8, 4) is 5.75 Å². The third-order valence-electron chi connectivity index (χ3n) is 4.19. The zero-order valence-electron chi connectivity index (χ0n) is 17.0. The van der Waals surface area contributed by atoms with Crippen LogP contribution < -0.4 is 15.6 Å². The Morgan fingerprint density at radius 1 is 1.18 bits per heavy atom. The van der Waals surface area contributed by atoms with E-state index >= 15 is 0 Å². The topological polar surface area (TPSA) is 106 Å². The molecule has 8 nitrogen and oxygen atoms in total. The number of aliphatic hydroxyl groups is 2. The molecule has 0 bridgehead atoms. The average Bonchev–Trinajstić information content (AvgIpc) is 2.62. The first-order valence-electron chi connectivity index (χ1n) is 9.11. The summed E-state index contributed by atoms with van der Waals surface area (Å²) in [6.45, 7) is 8.30. The first-order valence-corrected chi connectivity index (χ1v) is 9.11. The second-order valence-corrected chi connectivity index (χ2v) is 7.57. The lowest BCUT2D eigenvalue weighted by Gasteiger charge is -2.22. The fourth-order valence-corrected chi connectivity index (χ4v) is 2.50. The van der Waals surface area contributed by atoms with Crippen molar-refractivity contribution < 1.29 is 19.7 Å². The maximum atomic E-state index is 12.5. The van der Waals surface area contributed by atoms with Gasteiger partial charge < -0.3 is 25.0 Å². The van der Waals surface area contributed by atoms with Crippen molar-refractivity contribution in [1.29, 1.82) is 0 Å². The van der Waals surface area contributed by atoms with Gasteiger partial charge in [-0.15, -0.1) is 0 Å². The summed E-state index contributed by atoms with van der Waals surface area (Å²) in [6.07, 6.45) is 1.54. The lowest BCUT2D eigenvalue weighted by molar-refractivity contribution is -0.349. The van der Waals surface area contributed by atoms with Crippen molar-refractivity contribution in [2.45, 2.75) is 45.8 Å². The largest absolute Gasteiger partial charge is 0.487 e. The Balaban J connectivity index is 2.06. The lowest BCUT2D eigenvalue weighted by atomic mass is 10.1. The highest BCUT2D eigenvalue weighted by Crippen LogP contribution is 2.21. The highest BCUT2D eigenvalue weighted by Gasteiger charge is 2.26. The monoisotopic (exact) mass is 391 g/mol. The first-order chi connectivity index (χ1) is 13.1. The van der Waals surface area contributed by atoms with Gasteiger partial charge in [-0.05, 0) is 40.3 Å². The molecule has 0 unspecified atom stereocenters. The molecule has 8 heteroatoms. The standard InChI is InChI=1S/C20H29N3O5/c1-14-17(12-22-23(18(14)24)19(2,3)4)27-13-15-6-8-16(9-7-15)20(25,26)28-11-10-21-5/h6-9,12,21,25-26H,10-11,13H2,1-5H3. The van der Waals surface area contributed by atoms with Crippen molar-refractivity contribution in [3.63, 3.8) is 0 Å². The van der Waals surface area contributed by atoms with E-state index in [4.69, 9.17) is 9.47 Å². The van der Waals surface area contributed by atoms with E-state index in [0.717, 1.165) is 5.56 Å². The maximum absolute atomic E-state index is 12.5. The fourth-order valence-electron chi connectivity index (χ4n) is 2.50. The van der Waals surface area contributed by atoms with Crippen LogP contribution in [0.1, 0.15) is 37.5 Å². The lowest BCUT2D eigenvalue weighted by Crippen LogP contribution is -2.37. The van der Waals surface area contributed by atoms with Crippen LogP contribution in [0.15, 0.2) is 35.3 Å². The van der Waals surface area contributed by atoms with Crippen LogP contribution in [0.25, 0.3) is 0 Å². The predicted octanol–water partition coefficient (Wildman–Crippen LogP) is 1.22. The number of likely N-dealkylation sites (N-methyl/N-ethyl adjacent to an activating group) is 1. The highest BCUT2D eigenvalue weighted by molar-refractivity contribution is 5.28. The third kappa shape index (κ3) is 5.39. The van der Waals surface area contributed by atoms with Crippen LogP contribution in [0, 0.1) is 6.92 Å². The minimum atomic E-state index is -2.35. The van der Waals surface area contributed by atoms with Crippen LogP contribution >= 0.6 is 0 Å². The van der Waals surface area contributed by atoms with E-state index in [0.29, 0.717) is 17.9 Å². The quantitative estimate of drug-likeness (QED) is 0.459. The Morgan fingerprint density at radius 3 is 2.39 bits per heavy atom. The molecule has 2 aromatic rings. The van der Waals surface area contributed by atoms with Crippen LogP contribution in [-0.4, -0.2) is 40.2 Å². The van der Waals surface area contributed by atoms with Crippen LogP contribution in [0.2, 0.25) is 0 Å². The molecule has 0 saturated heterocycles. The number of aromatic nitrogens is 2. The summed E-state index contributed by atoms with van der Waals surface area (Å²) in [5, 5.41) is 27.1. The van der Waals surface area contributed by atoms with Gasteiger partial charge in [0, 0.05) is 12.1 Å². The van der Waals surface area contributed by atoms with Gasteiger partial charge in [0.1, 0.15) is 12.4 Å². The number of benzene rings is 1. The molecule has 28 heavy (non-hydrogen) atoms. The van der Waals surface area contributed by atoms with Gasteiger partial charge in [0.2, 0.25) is 0 Å². The Labute approximate surface area is 164 Å². The molecule has 0 saturated carbocycles.